The molecule has 2 rings (SSSR count). The van der Waals surface area contributed by atoms with Crippen molar-refractivity contribution < 1.29 is 0 Å². The Bertz CT molecular complexity index is 631. The van der Waals surface area contributed by atoms with E-state index in [2.05, 4.69) is 31.3 Å². The Morgan fingerprint density at radius 3 is 2.43 bits per heavy atom. The minimum Gasteiger partial charge on any atom is -0.379 e. The first-order valence-electron chi connectivity index (χ1n) is 8.81. The van der Waals surface area contributed by atoms with Gasteiger partial charge in [0.1, 0.15) is 5.69 Å². The zero-order valence-corrected chi connectivity index (χ0v) is 15.1. The summed E-state index contributed by atoms with van der Waals surface area (Å²) in [5.41, 5.74) is 2.05. The van der Waals surface area contributed by atoms with Gasteiger partial charge in [0.2, 0.25) is 0 Å². The van der Waals surface area contributed by atoms with E-state index in [4.69, 9.17) is 0 Å². The summed E-state index contributed by atoms with van der Waals surface area (Å²) in [7, 11) is 0. The average Bonchev–Trinajstić information content (AvgIpc) is 2.90. The van der Waals surface area contributed by atoms with Gasteiger partial charge in [0.15, 0.2) is 0 Å². The molecule has 4 heteroatoms. The number of rotatable bonds is 10. The number of aromatic nitrogens is 1. The van der Waals surface area contributed by atoms with Crippen molar-refractivity contribution in [1.29, 1.82) is 0 Å². The molecule has 0 fully saturated rings. The van der Waals surface area contributed by atoms with Gasteiger partial charge in [0.05, 0.1) is 4.88 Å². The van der Waals surface area contributed by atoms with Gasteiger partial charge >= 0.3 is 0 Å². The van der Waals surface area contributed by atoms with Crippen LogP contribution in [0.1, 0.15) is 52.4 Å². The van der Waals surface area contributed by atoms with Crippen molar-refractivity contribution in [3.05, 3.63) is 40.7 Å². The van der Waals surface area contributed by atoms with Gasteiger partial charge in [0.25, 0.3) is 5.56 Å². The molecule has 23 heavy (non-hydrogen) atoms. The summed E-state index contributed by atoms with van der Waals surface area (Å²) >= 11 is 1.59. The minimum absolute atomic E-state index is 0.137. The van der Waals surface area contributed by atoms with Gasteiger partial charge in [-0.3, -0.25) is 8.75 Å². The molecule has 1 heterocycles. The molecule has 1 aromatic heterocycles. The molecular weight excluding hydrogens is 304 g/mol. The fourth-order valence-corrected chi connectivity index (χ4v) is 3.68. The predicted octanol–water partition coefficient (Wildman–Crippen LogP) is 5.37. The molecular formula is C19H28N2OS. The quantitative estimate of drug-likeness (QED) is 0.594. The van der Waals surface area contributed by atoms with Crippen LogP contribution in [-0.4, -0.2) is 10.5 Å². The first-order chi connectivity index (χ1) is 11.3. The number of hydrogen-bond donors (Lipinski definition) is 1. The first kappa shape index (κ1) is 17.8. The highest BCUT2D eigenvalue weighted by Crippen LogP contribution is 2.30. The fraction of sp³-hybridized carbons (Fsp3) is 0.526. The highest BCUT2D eigenvalue weighted by atomic mass is 32.1. The highest BCUT2D eigenvalue weighted by Gasteiger charge is 2.15. The fourth-order valence-electron chi connectivity index (χ4n) is 2.58. The molecule has 0 atom stereocenters. The second-order valence-corrected chi connectivity index (χ2v) is 6.94. The number of nitrogens with zero attached hydrogens (tertiary/aromatic N) is 1. The number of benzene rings is 1. The molecule has 0 saturated heterocycles. The lowest BCUT2D eigenvalue weighted by atomic mass is 10.1. The summed E-state index contributed by atoms with van der Waals surface area (Å²) in [6.45, 7) is 6.06. The molecule has 0 aliphatic carbocycles. The van der Waals surface area contributed by atoms with Gasteiger partial charge in [-0.2, -0.15) is 0 Å². The number of unbranched alkanes of at least 4 members (excludes halogenated alkanes) is 4. The predicted molar refractivity (Wildman–Crippen MR) is 102 cm³/mol. The van der Waals surface area contributed by atoms with Crippen LogP contribution in [0.5, 0.6) is 0 Å². The molecule has 1 aromatic carbocycles. The molecule has 0 unspecified atom stereocenters. The van der Waals surface area contributed by atoms with Crippen molar-refractivity contribution in [3.8, 4) is 10.4 Å². The highest BCUT2D eigenvalue weighted by molar-refractivity contribution is 7.10. The number of anilines is 1. The maximum absolute atomic E-state index is 12.7. The SMILES string of the molecule is CCCCCCNc1c(-c2ccccc2)sn(CCCC)c1=O. The van der Waals surface area contributed by atoms with Crippen molar-refractivity contribution in [2.75, 3.05) is 11.9 Å². The second kappa shape index (κ2) is 9.56. The van der Waals surface area contributed by atoms with E-state index in [-0.39, 0.29) is 5.56 Å². The zero-order chi connectivity index (χ0) is 16.5. The van der Waals surface area contributed by atoms with Crippen LogP contribution in [0.2, 0.25) is 0 Å². The number of aryl methyl sites for hydroxylation is 1. The Labute approximate surface area is 143 Å². The zero-order valence-electron chi connectivity index (χ0n) is 14.3. The molecule has 0 aliphatic heterocycles. The maximum atomic E-state index is 12.7. The Morgan fingerprint density at radius 2 is 1.74 bits per heavy atom. The van der Waals surface area contributed by atoms with Crippen LogP contribution >= 0.6 is 11.5 Å². The van der Waals surface area contributed by atoms with Gasteiger partial charge < -0.3 is 5.32 Å². The van der Waals surface area contributed by atoms with Crippen LogP contribution in [0.3, 0.4) is 0 Å². The smallest absolute Gasteiger partial charge is 0.284 e. The number of hydrogen-bond acceptors (Lipinski definition) is 3. The van der Waals surface area contributed by atoms with Crippen molar-refractivity contribution in [2.45, 2.75) is 58.9 Å². The Morgan fingerprint density at radius 1 is 1.00 bits per heavy atom. The normalized spacial score (nSPS) is 10.9. The van der Waals surface area contributed by atoms with E-state index in [1.54, 1.807) is 11.5 Å². The molecule has 0 amide bonds. The lowest BCUT2D eigenvalue weighted by Gasteiger charge is -2.05. The maximum Gasteiger partial charge on any atom is 0.284 e. The first-order valence-corrected chi connectivity index (χ1v) is 9.58. The Kier molecular flexibility index (Phi) is 7.40. The lowest BCUT2D eigenvalue weighted by molar-refractivity contribution is 0.657. The van der Waals surface area contributed by atoms with Crippen LogP contribution < -0.4 is 10.9 Å². The van der Waals surface area contributed by atoms with E-state index >= 15 is 0 Å². The van der Waals surface area contributed by atoms with E-state index < -0.39 is 0 Å². The molecule has 2 aromatic rings. The molecule has 0 spiro atoms. The van der Waals surface area contributed by atoms with E-state index in [1.165, 1.54) is 19.3 Å². The van der Waals surface area contributed by atoms with Gasteiger partial charge in [-0.05, 0) is 18.4 Å². The van der Waals surface area contributed by atoms with E-state index in [0.29, 0.717) is 0 Å². The largest absolute Gasteiger partial charge is 0.379 e. The van der Waals surface area contributed by atoms with Crippen molar-refractivity contribution in [2.24, 2.45) is 0 Å². The standard InChI is InChI=1S/C19H28N2OS/c1-3-5-7-11-14-20-17-18(16-12-9-8-10-13-16)23-21(19(17)22)15-6-4-2/h8-10,12-13,20H,3-7,11,14-15H2,1-2H3. The van der Waals surface area contributed by atoms with Crippen molar-refractivity contribution in [3.63, 3.8) is 0 Å². The van der Waals surface area contributed by atoms with E-state index in [0.717, 1.165) is 48.5 Å². The Hall–Kier alpha value is -1.55. The van der Waals surface area contributed by atoms with E-state index in [9.17, 15) is 4.79 Å². The number of nitrogens with one attached hydrogen (secondary N) is 1. The van der Waals surface area contributed by atoms with E-state index in [1.807, 2.05) is 22.2 Å². The van der Waals surface area contributed by atoms with Crippen molar-refractivity contribution >= 4 is 17.2 Å². The van der Waals surface area contributed by atoms with Crippen LogP contribution in [-0.2, 0) is 6.54 Å². The molecule has 3 nitrogen and oxygen atoms in total. The second-order valence-electron chi connectivity index (χ2n) is 5.91. The van der Waals surface area contributed by atoms with Gasteiger partial charge in [-0.15, -0.1) is 0 Å². The molecule has 0 bridgehead atoms. The van der Waals surface area contributed by atoms with Crippen LogP contribution in [0, 0.1) is 0 Å². The third-order valence-corrected chi connectivity index (χ3v) is 5.14. The third kappa shape index (κ3) is 4.96. The van der Waals surface area contributed by atoms with Crippen LogP contribution in [0.4, 0.5) is 5.69 Å². The monoisotopic (exact) mass is 332 g/mol. The minimum atomic E-state index is 0.137. The summed E-state index contributed by atoms with van der Waals surface area (Å²) in [5, 5.41) is 3.41. The Balaban J connectivity index is 2.19. The molecule has 0 radical (unpaired) electrons. The summed E-state index contributed by atoms with van der Waals surface area (Å²) in [6.07, 6.45) is 6.98. The van der Waals surface area contributed by atoms with Gasteiger partial charge in [0, 0.05) is 13.1 Å². The van der Waals surface area contributed by atoms with Crippen LogP contribution in [0.15, 0.2) is 35.1 Å². The summed E-state index contributed by atoms with van der Waals surface area (Å²) in [4.78, 5) is 13.8. The van der Waals surface area contributed by atoms with Gasteiger partial charge in [-0.25, -0.2) is 0 Å². The third-order valence-electron chi connectivity index (χ3n) is 3.95. The van der Waals surface area contributed by atoms with Gasteiger partial charge in [-0.1, -0.05) is 81.4 Å². The topological polar surface area (TPSA) is 34.0 Å². The molecule has 126 valence electrons. The summed E-state index contributed by atoms with van der Waals surface area (Å²) in [5.74, 6) is 0. The lowest BCUT2D eigenvalue weighted by Crippen LogP contribution is -2.18. The summed E-state index contributed by atoms with van der Waals surface area (Å²) in [6, 6.07) is 10.2. The molecule has 0 saturated carbocycles. The molecule has 1 N–H and O–H groups in total. The molecule has 0 aliphatic rings. The average molecular weight is 333 g/mol. The van der Waals surface area contributed by atoms with Crippen LogP contribution in [0.25, 0.3) is 10.4 Å². The summed E-state index contributed by atoms with van der Waals surface area (Å²) < 4.78 is 1.90. The van der Waals surface area contributed by atoms with Crippen molar-refractivity contribution in [1.82, 2.24) is 3.96 Å².